The van der Waals surface area contributed by atoms with Crippen LogP contribution in [0.4, 0.5) is 5.13 Å². The van der Waals surface area contributed by atoms with Crippen LogP contribution in [0.25, 0.3) is 10.2 Å². The van der Waals surface area contributed by atoms with Crippen molar-refractivity contribution in [2.75, 3.05) is 19.8 Å². The molecule has 0 spiro atoms. The van der Waals surface area contributed by atoms with Crippen LogP contribution < -0.4 is 5.73 Å². The van der Waals surface area contributed by atoms with Crippen molar-refractivity contribution >= 4 is 26.7 Å². The second-order valence-electron chi connectivity index (χ2n) is 4.67. The number of likely N-dealkylation sites (N-methyl/N-ethyl adjacent to an activating group) is 1. The van der Waals surface area contributed by atoms with Crippen molar-refractivity contribution < 1.29 is 0 Å². The third-order valence-corrected chi connectivity index (χ3v) is 4.22. The predicted octanol–water partition coefficient (Wildman–Crippen LogP) is 1.91. The summed E-state index contributed by atoms with van der Waals surface area (Å²) in [5.41, 5.74) is 9.69. The van der Waals surface area contributed by atoms with E-state index in [9.17, 15) is 0 Å². The molecule has 84 valence electrons. The van der Waals surface area contributed by atoms with Gasteiger partial charge in [-0.05, 0) is 50.2 Å². The number of nitrogens with zero attached hydrogens (tertiary/aromatic N) is 2. The van der Waals surface area contributed by atoms with E-state index in [0.717, 1.165) is 18.4 Å². The molecule has 16 heavy (non-hydrogen) atoms. The van der Waals surface area contributed by atoms with E-state index in [1.165, 1.54) is 15.8 Å². The molecule has 1 atom stereocenters. The first kappa shape index (κ1) is 10.1. The second-order valence-corrected chi connectivity index (χ2v) is 5.73. The Bertz CT molecular complexity index is 501. The SMILES string of the molecule is CN(C)C1Cc2cc3nc(N)sc3cc2C1. The number of hydrogen-bond donors (Lipinski definition) is 1. The van der Waals surface area contributed by atoms with Crippen molar-refractivity contribution in [1.82, 2.24) is 9.88 Å². The Labute approximate surface area is 98.9 Å². The van der Waals surface area contributed by atoms with Gasteiger partial charge in [0.25, 0.3) is 0 Å². The molecule has 3 nitrogen and oxygen atoms in total. The molecule has 0 aliphatic heterocycles. The molecule has 0 saturated heterocycles. The van der Waals surface area contributed by atoms with Crippen LogP contribution in [0, 0.1) is 0 Å². The Morgan fingerprint density at radius 3 is 2.69 bits per heavy atom. The first-order valence-corrected chi connectivity index (χ1v) is 6.29. The van der Waals surface area contributed by atoms with Gasteiger partial charge < -0.3 is 10.6 Å². The van der Waals surface area contributed by atoms with E-state index in [4.69, 9.17) is 5.73 Å². The molecule has 1 aliphatic rings. The van der Waals surface area contributed by atoms with E-state index in [1.54, 1.807) is 11.3 Å². The van der Waals surface area contributed by atoms with Gasteiger partial charge in [-0.1, -0.05) is 11.3 Å². The zero-order chi connectivity index (χ0) is 11.3. The monoisotopic (exact) mass is 233 g/mol. The maximum absolute atomic E-state index is 5.72. The maximum atomic E-state index is 5.72. The summed E-state index contributed by atoms with van der Waals surface area (Å²) in [5.74, 6) is 0. The molecule has 0 amide bonds. The number of fused-ring (bicyclic) bond motifs is 2. The Balaban J connectivity index is 2.06. The molecule has 1 aromatic heterocycles. The average Bonchev–Trinajstić information content (AvgIpc) is 2.74. The molecular weight excluding hydrogens is 218 g/mol. The third kappa shape index (κ3) is 1.49. The van der Waals surface area contributed by atoms with Gasteiger partial charge in [0.15, 0.2) is 5.13 Å². The first-order valence-electron chi connectivity index (χ1n) is 5.48. The average molecular weight is 233 g/mol. The van der Waals surface area contributed by atoms with Crippen molar-refractivity contribution in [3.05, 3.63) is 23.3 Å². The smallest absolute Gasteiger partial charge is 0.181 e. The van der Waals surface area contributed by atoms with E-state index in [1.807, 2.05) is 0 Å². The standard InChI is InChI=1S/C12H15N3S/c1-15(2)9-3-7-5-10-11(6-8(7)4-9)16-12(13)14-10/h5-6,9H,3-4H2,1-2H3,(H2,13,14). The van der Waals surface area contributed by atoms with Crippen LogP contribution in [0.1, 0.15) is 11.1 Å². The number of nitrogens with two attached hydrogens (primary N) is 1. The number of rotatable bonds is 1. The maximum Gasteiger partial charge on any atom is 0.181 e. The molecule has 0 bridgehead atoms. The Kier molecular flexibility index (Phi) is 2.16. The first-order chi connectivity index (χ1) is 7.63. The predicted molar refractivity (Wildman–Crippen MR) is 68.9 cm³/mol. The highest BCUT2D eigenvalue weighted by atomic mass is 32.1. The highest BCUT2D eigenvalue weighted by Gasteiger charge is 2.23. The molecule has 0 fully saturated rings. The molecule has 0 radical (unpaired) electrons. The lowest BCUT2D eigenvalue weighted by Gasteiger charge is -2.17. The van der Waals surface area contributed by atoms with Gasteiger partial charge in [-0.3, -0.25) is 0 Å². The Morgan fingerprint density at radius 1 is 1.31 bits per heavy atom. The lowest BCUT2D eigenvalue weighted by molar-refractivity contribution is 0.303. The van der Waals surface area contributed by atoms with Crippen LogP contribution in [-0.2, 0) is 12.8 Å². The Hall–Kier alpha value is -1.13. The van der Waals surface area contributed by atoms with Crippen LogP contribution in [0.15, 0.2) is 12.1 Å². The normalized spacial score (nSPS) is 19.6. The van der Waals surface area contributed by atoms with Crippen molar-refractivity contribution in [2.24, 2.45) is 0 Å². The number of aromatic nitrogens is 1. The van der Waals surface area contributed by atoms with E-state index in [0.29, 0.717) is 11.2 Å². The van der Waals surface area contributed by atoms with Crippen LogP contribution in [-0.4, -0.2) is 30.0 Å². The van der Waals surface area contributed by atoms with Gasteiger partial charge in [-0.2, -0.15) is 0 Å². The summed E-state index contributed by atoms with van der Waals surface area (Å²) in [6.45, 7) is 0. The molecule has 3 rings (SSSR count). The minimum absolute atomic E-state index is 0.642. The molecule has 4 heteroatoms. The molecule has 2 aromatic rings. The quantitative estimate of drug-likeness (QED) is 0.818. The van der Waals surface area contributed by atoms with Gasteiger partial charge in [0, 0.05) is 6.04 Å². The highest BCUT2D eigenvalue weighted by molar-refractivity contribution is 7.22. The number of nitrogen functional groups attached to an aromatic ring is 1. The summed E-state index contributed by atoms with van der Waals surface area (Å²) >= 11 is 1.58. The van der Waals surface area contributed by atoms with E-state index >= 15 is 0 Å². The third-order valence-electron chi connectivity index (χ3n) is 3.37. The molecule has 1 aliphatic carbocycles. The van der Waals surface area contributed by atoms with Gasteiger partial charge in [-0.25, -0.2) is 4.98 Å². The highest BCUT2D eigenvalue weighted by Crippen LogP contribution is 2.32. The molecule has 2 N–H and O–H groups in total. The fourth-order valence-corrected chi connectivity index (χ4v) is 3.18. The van der Waals surface area contributed by atoms with Gasteiger partial charge >= 0.3 is 0 Å². The van der Waals surface area contributed by atoms with E-state index in [-0.39, 0.29) is 0 Å². The molecular formula is C12H15N3S. The van der Waals surface area contributed by atoms with E-state index < -0.39 is 0 Å². The van der Waals surface area contributed by atoms with Gasteiger partial charge in [-0.15, -0.1) is 0 Å². The summed E-state index contributed by atoms with van der Waals surface area (Å²) in [5, 5.41) is 0.669. The fraction of sp³-hybridized carbons (Fsp3) is 0.417. The Morgan fingerprint density at radius 2 is 2.00 bits per heavy atom. The molecule has 0 saturated carbocycles. The van der Waals surface area contributed by atoms with Gasteiger partial charge in [0.1, 0.15) is 0 Å². The summed E-state index contributed by atoms with van der Waals surface area (Å²) in [6, 6.07) is 5.12. The van der Waals surface area contributed by atoms with Crippen molar-refractivity contribution in [1.29, 1.82) is 0 Å². The lowest BCUT2D eigenvalue weighted by Crippen LogP contribution is -2.27. The number of benzene rings is 1. The van der Waals surface area contributed by atoms with Gasteiger partial charge in [0.2, 0.25) is 0 Å². The lowest BCUT2D eigenvalue weighted by atomic mass is 10.1. The summed E-state index contributed by atoms with van der Waals surface area (Å²) in [6.07, 6.45) is 2.28. The van der Waals surface area contributed by atoms with Crippen LogP contribution in [0.3, 0.4) is 0 Å². The number of hydrogen-bond acceptors (Lipinski definition) is 4. The topological polar surface area (TPSA) is 42.2 Å². The zero-order valence-electron chi connectivity index (χ0n) is 9.53. The fourth-order valence-electron chi connectivity index (χ4n) is 2.40. The summed E-state index contributed by atoms with van der Waals surface area (Å²) in [7, 11) is 4.30. The second kappa shape index (κ2) is 3.43. The van der Waals surface area contributed by atoms with Crippen molar-refractivity contribution in [3.63, 3.8) is 0 Å². The van der Waals surface area contributed by atoms with Crippen LogP contribution in [0.2, 0.25) is 0 Å². The zero-order valence-corrected chi connectivity index (χ0v) is 10.3. The minimum Gasteiger partial charge on any atom is -0.375 e. The number of thiazole rings is 1. The summed E-state index contributed by atoms with van der Waals surface area (Å²) < 4.78 is 1.22. The van der Waals surface area contributed by atoms with E-state index in [2.05, 4.69) is 36.1 Å². The largest absolute Gasteiger partial charge is 0.375 e. The van der Waals surface area contributed by atoms with Gasteiger partial charge in [0.05, 0.1) is 10.2 Å². The molecule has 1 heterocycles. The van der Waals surface area contributed by atoms with Crippen molar-refractivity contribution in [2.45, 2.75) is 18.9 Å². The molecule has 1 unspecified atom stereocenters. The van der Waals surface area contributed by atoms with Crippen LogP contribution >= 0.6 is 11.3 Å². The minimum atomic E-state index is 0.642. The molecule has 1 aromatic carbocycles. The number of anilines is 1. The summed E-state index contributed by atoms with van der Waals surface area (Å²) in [4.78, 5) is 6.64. The van der Waals surface area contributed by atoms with Crippen LogP contribution in [0.5, 0.6) is 0 Å². The van der Waals surface area contributed by atoms with Crippen molar-refractivity contribution in [3.8, 4) is 0 Å².